The van der Waals surface area contributed by atoms with E-state index < -0.39 is 30.2 Å². The van der Waals surface area contributed by atoms with Gasteiger partial charge in [-0.1, -0.05) is 31.2 Å². The predicted octanol–water partition coefficient (Wildman–Crippen LogP) is 1.89. The van der Waals surface area contributed by atoms with Gasteiger partial charge in [-0.2, -0.15) is 0 Å². The molecule has 0 bridgehead atoms. The average molecular weight is 339 g/mol. The monoisotopic (exact) mass is 339 g/mol. The van der Waals surface area contributed by atoms with Crippen LogP contribution in [0.4, 0.5) is 4.79 Å². The zero-order valence-electron chi connectivity index (χ0n) is 13.7. The van der Waals surface area contributed by atoms with Crippen molar-refractivity contribution in [1.29, 1.82) is 0 Å². The van der Waals surface area contributed by atoms with Crippen LogP contribution in [-0.4, -0.2) is 51.5 Å². The number of urea groups is 1. The number of carbonyl (C=O) groups is 4. The van der Waals surface area contributed by atoms with Crippen LogP contribution in [0.25, 0.3) is 10.9 Å². The maximum Gasteiger partial charge on any atom is 0.334 e. The highest BCUT2D eigenvalue weighted by molar-refractivity contribution is 6.45. The number of fused-ring (bicyclic) bond motifs is 1. The highest BCUT2D eigenvalue weighted by Gasteiger charge is 2.44. The molecule has 3 rings (SSSR count). The summed E-state index contributed by atoms with van der Waals surface area (Å²) in [6.45, 7) is 4.92. The van der Waals surface area contributed by atoms with Crippen LogP contribution < -0.4 is 0 Å². The zero-order valence-corrected chi connectivity index (χ0v) is 13.7. The van der Waals surface area contributed by atoms with Gasteiger partial charge >= 0.3 is 17.8 Å². The van der Waals surface area contributed by atoms with Gasteiger partial charge in [-0.25, -0.2) is 9.69 Å². The molecule has 2 aromatic rings. The summed E-state index contributed by atoms with van der Waals surface area (Å²) in [7, 11) is 0. The number of benzene rings is 1. The Balaban J connectivity index is 1.88. The molecule has 7 heteroatoms. The van der Waals surface area contributed by atoms with Gasteiger partial charge in [-0.3, -0.25) is 19.3 Å². The van der Waals surface area contributed by atoms with Crippen molar-refractivity contribution in [3.05, 3.63) is 48.2 Å². The molecule has 1 aliphatic rings. The quantitative estimate of drug-likeness (QED) is 0.377. The van der Waals surface area contributed by atoms with Crippen LogP contribution >= 0.6 is 0 Å². The number of hydrogen-bond donors (Lipinski definition) is 1. The number of aromatic nitrogens is 1. The molecule has 4 amide bonds. The summed E-state index contributed by atoms with van der Waals surface area (Å²) in [5, 5.41) is 0.734. The minimum absolute atomic E-state index is 0.0684. The molecular formula is C18H17N3O4. The Bertz CT molecular complexity index is 912. The third-order valence-corrected chi connectivity index (χ3v) is 4.23. The Labute approximate surface area is 143 Å². The number of rotatable bonds is 6. The Morgan fingerprint density at radius 3 is 2.60 bits per heavy atom. The summed E-state index contributed by atoms with van der Waals surface area (Å²) in [4.78, 5) is 53.1. The molecule has 25 heavy (non-hydrogen) atoms. The summed E-state index contributed by atoms with van der Waals surface area (Å²) in [6.07, 6.45) is 3.72. The smallest absolute Gasteiger partial charge is 0.334 e. The molecule has 0 saturated carbocycles. The second-order valence-corrected chi connectivity index (χ2v) is 5.70. The standard InChI is InChI=1S/C18H17N3O4/c1-3-8-20-16(23)17(24)21(18(20)25)10-14(22)13-9-19-15-11(4-2)6-5-7-12(13)15/h3,5-7,9,19H,1,4,8,10H2,2H3. The molecule has 1 saturated heterocycles. The van der Waals surface area contributed by atoms with E-state index in [4.69, 9.17) is 0 Å². The second kappa shape index (κ2) is 6.35. The summed E-state index contributed by atoms with van der Waals surface area (Å²) < 4.78 is 0. The van der Waals surface area contributed by atoms with Gasteiger partial charge in [0.05, 0.1) is 6.54 Å². The lowest BCUT2D eigenvalue weighted by molar-refractivity contribution is -0.142. The SMILES string of the molecule is C=CCN1C(=O)C(=O)N(CC(=O)c2c[nH]c3c(CC)cccc23)C1=O. The third kappa shape index (κ3) is 2.63. The second-order valence-electron chi connectivity index (χ2n) is 5.70. The number of ketones is 1. The summed E-state index contributed by atoms with van der Waals surface area (Å²) in [6, 6.07) is 4.83. The van der Waals surface area contributed by atoms with Crippen molar-refractivity contribution in [1.82, 2.24) is 14.8 Å². The van der Waals surface area contributed by atoms with Crippen LogP contribution in [0.15, 0.2) is 37.1 Å². The zero-order chi connectivity index (χ0) is 18.1. The van der Waals surface area contributed by atoms with E-state index in [0.717, 1.165) is 27.8 Å². The predicted molar refractivity (Wildman–Crippen MR) is 91.0 cm³/mol. The van der Waals surface area contributed by atoms with Crippen molar-refractivity contribution < 1.29 is 19.2 Å². The van der Waals surface area contributed by atoms with Crippen molar-refractivity contribution in [2.24, 2.45) is 0 Å². The van der Waals surface area contributed by atoms with Crippen LogP contribution in [0.2, 0.25) is 0 Å². The molecule has 0 atom stereocenters. The number of carbonyl (C=O) groups excluding carboxylic acids is 4. The minimum Gasteiger partial charge on any atom is -0.360 e. The first-order valence-electron chi connectivity index (χ1n) is 7.90. The van der Waals surface area contributed by atoms with Crippen molar-refractivity contribution >= 4 is 34.5 Å². The number of H-pyrrole nitrogens is 1. The maximum atomic E-state index is 12.6. The maximum absolute atomic E-state index is 12.6. The summed E-state index contributed by atoms with van der Waals surface area (Å²) >= 11 is 0. The van der Waals surface area contributed by atoms with Gasteiger partial charge in [0.25, 0.3) is 0 Å². The van der Waals surface area contributed by atoms with Crippen LogP contribution in [0.5, 0.6) is 0 Å². The van der Waals surface area contributed by atoms with E-state index in [2.05, 4.69) is 11.6 Å². The Morgan fingerprint density at radius 2 is 1.92 bits per heavy atom. The van der Waals surface area contributed by atoms with Crippen molar-refractivity contribution in [3.63, 3.8) is 0 Å². The van der Waals surface area contributed by atoms with Gasteiger partial charge in [0.15, 0.2) is 5.78 Å². The van der Waals surface area contributed by atoms with Gasteiger partial charge in [-0.05, 0) is 12.0 Å². The van der Waals surface area contributed by atoms with Gasteiger partial charge in [0, 0.05) is 29.2 Å². The van der Waals surface area contributed by atoms with E-state index in [1.54, 1.807) is 12.3 Å². The highest BCUT2D eigenvalue weighted by Crippen LogP contribution is 2.23. The lowest BCUT2D eigenvalue weighted by Crippen LogP contribution is -2.37. The molecule has 0 spiro atoms. The lowest BCUT2D eigenvalue weighted by Gasteiger charge is -2.13. The van der Waals surface area contributed by atoms with Crippen molar-refractivity contribution in [2.45, 2.75) is 13.3 Å². The highest BCUT2D eigenvalue weighted by atomic mass is 16.2. The number of imide groups is 2. The molecule has 1 aromatic carbocycles. The topological polar surface area (TPSA) is 90.6 Å². The van der Waals surface area contributed by atoms with E-state index >= 15 is 0 Å². The number of nitrogens with one attached hydrogen (secondary N) is 1. The molecule has 0 radical (unpaired) electrons. The van der Waals surface area contributed by atoms with Crippen LogP contribution in [0.1, 0.15) is 22.8 Å². The summed E-state index contributed by atoms with van der Waals surface area (Å²) in [5.41, 5.74) is 2.31. The van der Waals surface area contributed by atoms with Crippen LogP contribution in [-0.2, 0) is 16.0 Å². The first kappa shape index (κ1) is 16.6. The van der Waals surface area contributed by atoms with Crippen molar-refractivity contribution in [2.75, 3.05) is 13.1 Å². The molecule has 1 aromatic heterocycles. The molecule has 1 N–H and O–H groups in total. The first-order valence-corrected chi connectivity index (χ1v) is 7.90. The lowest BCUT2D eigenvalue weighted by atomic mass is 10.0. The number of nitrogens with zero attached hydrogens (tertiary/aromatic N) is 2. The van der Waals surface area contributed by atoms with Gasteiger partial charge in [0.1, 0.15) is 0 Å². The van der Waals surface area contributed by atoms with Crippen molar-refractivity contribution in [3.8, 4) is 0 Å². The molecule has 1 aliphatic heterocycles. The Kier molecular flexibility index (Phi) is 4.22. The van der Waals surface area contributed by atoms with Gasteiger partial charge in [0.2, 0.25) is 0 Å². The van der Waals surface area contributed by atoms with E-state index in [1.165, 1.54) is 6.08 Å². The number of aryl methyl sites for hydroxylation is 1. The Morgan fingerprint density at radius 1 is 1.20 bits per heavy atom. The van der Waals surface area contributed by atoms with E-state index in [0.29, 0.717) is 10.5 Å². The fourth-order valence-corrected chi connectivity index (χ4v) is 2.95. The number of aromatic amines is 1. The fraction of sp³-hybridized carbons (Fsp3) is 0.222. The molecule has 128 valence electrons. The molecular weight excluding hydrogens is 322 g/mol. The van der Waals surface area contributed by atoms with Gasteiger partial charge < -0.3 is 4.98 Å². The molecule has 1 fully saturated rings. The first-order chi connectivity index (χ1) is 12.0. The number of hydrogen-bond acceptors (Lipinski definition) is 4. The third-order valence-electron chi connectivity index (χ3n) is 4.23. The number of para-hydroxylation sites is 1. The number of amides is 4. The Hall–Kier alpha value is -3.22. The molecule has 7 nitrogen and oxygen atoms in total. The largest absolute Gasteiger partial charge is 0.360 e. The normalized spacial score (nSPS) is 14.7. The fourth-order valence-electron chi connectivity index (χ4n) is 2.95. The van der Waals surface area contributed by atoms with E-state index in [-0.39, 0.29) is 6.54 Å². The average Bonchev–Trinajstić information content (AvgIpc) is 3.13. The van der Waals surface area contributed by atoms with E-state index in [1.807, 2.05) is 19.1 Å². The minimum atomic E-state index is -0.991. The summed E-state index contributed by atoms with van der Waals surface area (Å²) in [5.74, 6) is -2.34. The van der Waals surface area contributed by atoms with Crippen LogP contribution in [0, 0.1) is 0 Å². The van der Waals surface area contributed by atoms with Crippen LogP contribution in [0.3, 0.4) is 0 Å². The molecule has 0 aliphatic carbocycles. The molecule has 2 heterocycles. The van der Waals surface area contributed by atoms with Gasteiger partial charge in [-0.15, -0.1) is 6.58 Å². The number of Topliss-reactive ketones (excluding diaryl/α,β-unsaturated/α-hetero) is 1. The molecule has 0 unspecified atom stereocenters. The van der Waals surface area contributed by atoms with E-state index in [9.17, 15) is 19.2 Å².